The average molecular weight is 742 g/mol. The van der Waals surface area contributed by atoms with Gasteiger partial charge in [0.15, 0.2) is 0 Å². The monoisotopic (exact) mass is 741 g/mol. The fourth-order valence-corrected chi connectivity index (χ4v) is 6.27. The first kappa shape index (κ1) is 41.4. The molecule has 0 bridgehead atoms. The molecule has 3 atom stereocenters. The first-order valence-corrected chi connectivity index (χ1v) is 18.9. The van der Waals surface area contributed by atoms with Gasteiger partial charge in [-0.2, -0.15) is 0 Å². The Morgan fingerprint density at radius 2 is 1.56 bits per heavy atom. The van der Waals surface area contributed by atoms with Gasteiger partial charge in [-0.05, 0) is 67.0 Å². The van der Waals surface area contributed by atoms with Crippen LogP contribution >= 0.6 is 0 Å². The van der Waals surface area contributed by atoms with E-state index in [0.717, 1.165) is 36.8 Å². The smallest absolute Gasteiger partial charge is 0.255 e. The Labute approximate surface area is 318 Å². The van der Waals surface area contributed by atoms with E-state index in [9.17, 15) is 24.0 Å². The van der Waals surface area contributed by atoms with Crippen molar-refractivity contribution < 1.29 is 33.4 Å². The summed E-state index contributed by atoms with van der Waals surface area (Å²) in [6.45, 7) is 5.09. The molecular weight excluding hydrogens is 686 g/mol. The number of nitrogens with one attached hydrogen (secondary N) is 4. The molecule has 12 heteroatoms. The van der Waals surface area contributed by atoms with E-state index in [-0.39, 0.29) is 43.2 Å². The molecule has 12 nitrogen and oxygen atoms in total. The van der Waals surface area contributed by atoms with Crippen LogP contribution in [0.1, 0.15) is 80.3 Å². The van der Waals surface area contributed by atoms with Crippen molar-refractivity contribution in [2.45, 2.75) is 89.9 Å². The van der Waals surface area contributed by atoms with Crippen LogP contribution in [0.15, 0.2) is 78.9 Å². The molecule has 0 saturated carbocycles. The Kier molecular flexibility index (Phi) is 16.4. The number of nitrogens with zero attached hydrogens (tertiary/aromatic N) is 1. The summed E-state index contributed by atoms with van der Waals surface area (Å²) in [6, 6.07) is 20.5. The lowest BCUT2D eigenvalue weighted by molar-refractivity contribution is -0.137. The lowest BCUT2D eigenvalue weighted by Gasteiger charge is -2.28. The fraction of sp³-hybridized carbons (Fsp3) is 0.452. The number of carbonyl (C=O) groups is 5. The van der Waals surface area contributed by atoms with Gasteiger partial charge in [-0.1, -0.05) is 81.3 Å². The van der Waals surface area contributed by atoms with E-state index in [2.05, 4.69) is 21.3 Å². The topological polar surface area (TPSA) is 155 Å². The maximum atomic E-state index is 13.9. The largest absolute Gasteiger partial charge is 0.497 e. The molecule has 0 fully saturated rings. The SMILES string of the molecule is COc1ccc(CNC(=O)[C@@H]2CCC(=O)N[C@@H](Cc3ccccc3)C(=O)N[C@@H](CC(C)C)C(=O)N(C)CCCCCCOc3ccccc3C(=O)N2)cc1. The number of fused-ring (bicyclic) bond motifs is 1. The summed E-state index contributed by atoms with van der Waals surface area (Å²) in [6.07, 6.45) is 3.65. The van der Waals surface area contributed by atoms with Gasteiger partial charge in [0.05, 0.1) is 19.3 Å². The number of benzene rings is 3. The molecule has 0 aromatic heterocycles. The van der Waals surface area contributed by atoms with Crippen molar-refractivity contribution in [1.82, 2.24) is 26.2 Å². The molecule has 3 aromatic rings. The van der Waals surface area contributed by atoms with Gasteiger partial charge in [0.2, 0.25) is 23.6 Å². The third-order valence-electron chi connectivity index (χ3n) is 9.32. The first-order valence-electron chi connectivity index (χ1n) is 18.9. The Morgan fingerprint density at radius 1 is 0.852 bits per heavy atom. The Balaban J connectivity index is 1.59. The van der Waals surface area contributed by atoms with Gasteiger partial charge in [-0.3, -0.25) is 24.0 Å². The van der Waals surface area contributed by atoms with Crippen molar-refractivity contribution in [3.63, 3.8) is 0 Å². The molecule has 3 aromatic carbocycles. The minimum atomic E-state index is -1.09. The van der Waals surface area contributed by atoms with E-state index >= 15 is 0 Å². The molecule has 0 spiro atoms. The summed E-state index contributed by atoms with van der Waals surface area (Å²) in [5.74, 6) is -0.920. The van der Waals surface area contributed by atoms with E-state index in [0.29, 0.717) is 31.1 Å². The molecule has 5 amide bonds. The Morgan fingerprint density at radius 3 is 2.28 bits per heavy atom. The molecular formula is C42H55N5O7. The molecule has 290 valence electrons. The zero-order valence-corrected chi connectivity index (χ0v) is 31.9. The van der Waals surface area contributed by atoms with Gasteiger partial charge in [0, 0.05) is 33.0 Å². The summed E-state index contributed by atoms with van der Waals surface area (Å²) in [5.41, 5.74) is 1.92. The Hall–Kier alpha value is -5.39. The summed E-state index contributed by atoms with van der Waals surface area (Å²) >= 11 is 0. The molecule has 1 heterocycles. The fourth-order valence-electron chi connectivity index (χ4n) is 6.27. The van der Waals surface area contributed by atoms with Crippen LogP contribution in [0.5, 0.6) is 11.5 Å². The predicted octanol–water partition coefficient (Wildman–Crippen LogP) is 4.56. The van der Waals surface area contributed by atoms with Gasteiger partial charge < -0.3 is 35.6 Å². The standard InChI is InChI=1S/C42H55N5O7/c1-29(2)26-36-42(52)47(3)24-12-5-6-13-25-54-37-17-11-10-16-33(37)39(49)45-34(40(50)43-28-31-18-20-32(53-4)21-19-31)22-23-38(48)44-35(41(51)46-36)27-30-14-8-7-9-15-30/h7-11,14-21,29,34-36H,5-6,12-13,22-28H2,1-4H3,(H,43,50)(H,44,48)(H,45,49)(H,46,51)/t34-,35-,36-/m0/s1. The van der Waals surface area contributed by atoms with Gasteiger partial charge >= 0.3 is 0 Å². The van der Waals surface area contributed by atoms with Crippen molar-refractivity contribution in [2.75, 3.05) is 27.3 Å². The van der Waals surface area contributed by atoms with Crippen molar-refractivity contribution in [1.29, 1.82) is 0 Å². The number of amides is 5. The second kappa shape index (κ2) is 21.3. The molecule has 1 aliphatic rings. The maximum absolute atomic E-state index is 13.9. The number of methoxy groups -OCH3 is 1. The summed E-state index contributed by atoms with van der Waals surface area (Å²) < 4.78 is 11.3. The molecule has 0 aliphatic carbocycles. The van der Waals surface area contributed by atoms with Gasteiger partial charge in [-0.25, -0.2) is 0 Å². The number of ether oxygens (including phenoxy) is 2. The molecule has 0 saturated heterocycles. The highest BCUT2D eigenvalue weighted by atomic mass is 16.5. The highest BCUT2D eigenvalue weighted by molar-refractivity contribution is 6.00. The third kappa shape index (κ3) is 13.2. The van der Waals surface area contributed by atoms with Crippen molar-refractivity contribution >= 4 is 29.5 Å². The van der Waals surface area contributed by atoms with Crippen molar-refractivity contribution in [2.24, 2.45) is 5.92 Å². The van der Waals surface area contributed by atoms with E-state index in [1.54, 1.807) is 55.5 Å². The Bertz CT molecular complexity index is 1680. The molecule has 0 radical (unpaired) electrons. The molecule has 54 heavy (non-hydrogen) atoms. The minimum absolute atomic E-state index is 0.0476. The molecule has 4 rings (SSSR count). The third-order valence-corrected chi connectivity index (χ3v) is 9.32. The number of hydrogen-bond acceptors (Lipinski definition) is 7. The zero-order valence-electron chi connectivity index (χ0n) is 31.9. The van der Waals surface area contributed by atoms with Crippen molar-refractivity contribution in [3.05, 3.63) is 95.6 Å². The average Bonchev–Trinajstić information content (AvgIpc) is 3.17. The van der Waals surface area contributed by atoms with E-state index < -0.39 is 41.8 Å². The molecule has 4 N–H and O–H groups in total. The van der Waals surface area contributed by atoms with Gasteiger partial charge in [0.25, 0.3) is 5.91 Å². The van der Waals surface area contributed by atoms with Gasteiger partial charge in [0.1, 0.15) is 29.6 Å². The quantitative estimate of drug-likeness (QED) is 0.264. The molecule has 0 unspecified atom stereocenters. The number of hydrogen-bond donors (Lipinski definition) is 4. The second-order valence-corrected chi connectivity index (χ2v) is 14.1. The highest BCUT2D eigenvalue weighted by Crippen LogP contribution is 2.20. The van der Waals surface area contributed by atoms with Crippen molar-refractivity contribution in [3.8, 4) is 11.5 Å². The van der Waals surface area contributed by atoms with Crippen LogP contribution in [0.25, 0.3) is 0 Å². The minimum Gasteiger partial charge on any atom is -0.497 e. The lowest BCUT2D eigenvalue weighted by atomic mass is 10.0. The number of rotatable bonds is 8. The normalized spacial score (nSPS) is 19.9. The van der Waals surface area contributed by atoms with E-state index in [4.69, 9.17) is 9.47 Å². The second-order valence-electron chi connectivity index (χ2n) is 14.1. The van der Waals surface area contributed by atoms with E-state index in [1.807, 2.05) is 56.3 Å². The van der Waals surface area contributed by atoms with Crippen LogP contribution in [0.3, 0.4) is 0 Å². The maximum Gasteiger partial charge on any atom is 0.255 e. The number of carbonyl (C=O) groups excluding carboxylic acids is 5. The van der Waals surface area contributed by atoms with Gasteiger partial charge in [-0.15, -0.1) is 0 Å². The summed E-state index contributed by atoms with van der Waals surface area (Å²) in [4.78, 5) is 70.1. The van der Waals surface area contributed by atoms with Crippen LogP contribution in [-0.4, -0.2) is 79.9 Å². The predicted molar refractivity (Wildman–Crippen MR) is 207 cm³/mol. The van der Waals surface area contributed by atoms with Crippen LogP contribution in [-0.2, 0) is 32.1 Å². The van der Waals surface area contributed by atoms with Crippen LogP contribution in [0, 0.1) is 5.92 Å². The first-order chi connectivity index (χ1) is 26.0. The summed E-state index contributed by atoms with van der Waals surface area (Å²) in [7, 11) is 3.32. The van der Waals surface area contributed by atoms with Crippen LogP contribution in [0.2, 0.25) is 0 Å². The zero-order chi connectivity index (χ0) is 38.9. The highest BCUT2D eigenvalue weighted by Gasteiger charge is 2.30. The molecule has 1 aliphatic heterocycles. The van der Waals surface area contributed by atoms with Crippen LogP contribution < -0.4 is 30.7 Å². The lowest BCUT2D eigenvalue weighted by Crippen LogP contribution is -2.55. The van der Waals surface area contributed by atoms with Crippen LogP contribution in [0.4, 0.5) is 0 Å². The number of likely N-dealkylation sites (N-methyl/N-ethyl adjacent to an activating group) is 1. The summed E-state index contributed by atoms with van der Waals surface area (Å²) in [5, 5.41) is 11.5. The van der Waals surface area contributed by atoms with E-state index in [1.165, 1.54) is 0 Å². The number of para-hydroxylation sites is 1.